The second-order valence-electron chi connectivity index (χ2n) is 6.02. The van der Waals surface area contributed by atoms with Crippen molar-refractivity contribution in [2.45, 2.75) is 33.2 Å². The summed E-state index contributed by atoms with van der Waals surface area (Å²) in [5, 5.41) is 9.97. The third kappa shape index (κ3) is 4.05. The van der Waals surface area contributed by atoms with Crippen LogP contribution in [0.5, 0.6) is 0 Å². The average Bonchev–Trinajstić information content (AvgIpc) is 3.03. The van der Waals surface area contributed by atoms with E-state index >= 15 is 0 Å². The molecule has 0 unspecified atom stereocenters. The molecular weight excluding hydrogens is 334 g/mol. The first-order chi connectivity index (χ1) is 12.5. The zero-order chi connectivity index (χ0) is 18.5. The maximum Gasteiger partial charge on any atom is 0.349 e. The first-order valence-corrected chi connectivity index (χ1v) is 8.28. The maximum absolute atomic E-state index is 12.3. The van der Waals surface area contributed by atoms with Gasteiger partial charge in [0.2, 0.25) is 0 Å². The quantitative estimate of drug-likeness (QED) is 0.730. The number of rotatable bonds is 6. The Morgan fingerprint density at radius 1 is 1.12 bits per heavy atom. The van der Waals surface area contributed by atoms with Gasteiger partial charge in [0, 0.05) is 6.42 Å². The van der Waals surface area contributed by atoms with E-state index in [1.165, 1.54) is 0 Å². The highest BCUT2D eigenvalue weighted by molar-refractivity contribution is 5.95. The van der Waals surface area contributed by atoms with Crippen LogP contribution < -0.4 is 10.9 Å². The molecule has 0 aliphatic rings. The molecule has 3 aromatic rings. The maximum atomic E-state index is 12.3. The second kappa shape index (κ2) is 7.77. The van der Waals surface area contributed by atoms with Crippen molar-refractivity contribution in [3.05, 3.63) is 80.7 Å². The lowest BCUT2D eigenvalue weighted by molar-refractivity contribution is 0.0945. The molecule has 0 saturated heterocycles. The lowest BCUT2D eigenvalue weighted by atomic mass is 10.1. The van der Waals surface area contributed by atoms with Crippen LogP contribution in [0.3, 0.4) is 0 Å². The van der Waals surface area contributed by atoms with Crippen LogP contribution in [-0.2, 0) is 19.4 Å². The molecule has 1 N–H and O–H groups in total. The van der Waals surface area contributed by atoms with Gasteiger partial charge in [-0.15, -0.1) is 0 Å². The van der Waals surface area contributed by atoms with Gasteiger partial charge in [-0.05, 0) is 37.5 Å². The molecule has 0 bridgehead atoms. The molecular formula is C19H19N3O4. The van der Waals surface area contributed by atoms with Crippen molar-refractivity contribution < 1.29 is 13.8 Å². The number of benzene rings is 1. The van der Waals surface area contributed by atoms with E-state index in [1.54, 1.807) is 19.9 Å². The molecule has 0 spiro atoms. The number of aryl methyl sites for hydroxylation is 4. The fraction of sp³-hybridized carbons (Fsp3) is 0.263. The first kappa shape index (κ1) is 17.6. The fourth-order valence-electron chi connectivity index (χ4n) is 2.64. The molecule has 2 aromatic heterocycles. The van der Waals surface area contributed by atoms with Crippen LogP contribution in [-0.4, -0.2) is 16.2 Å². The Morgan fingerprint density at radius 2 is 1.88 bits per heavy atom. The van der Waals surface area contributed by atoms with E-state index in [9.17, 15) is 9.59 Å². The van der Waals surface area contributed by atoms with Crippen LogP contribution in [0.2, 0.25) is 0 Å². The number of hydrogen-bond acceptors (Lipinski definition) is 6. The molecule has 0 aliphatic carbocycles. The minimum atomic E-state index is -0.638. The Hall–Kier alpha value is -3.22. The molecule has 0 radical (unpaired) electrons. The lowest BCUT2D eigenvalue weighted by Gasteiger charge is -2.07. The van der Waals surface area contributed by atoms with E-state index in [2.05, 4.69) is 20.3 Å². The van der Waals surface area contributed by atoms with Gasteiger partial charge < -0.3 is 9.73 Å². The van der Waals surface area contributed by atoms with Crippen molar-refractivity contribution >= 4 is 5.91 Å². The summed E-state index contributed by atoms with van der Waals surface area (Å²) in [7, 11) is 0. The molecule has 7 heteroatoms. The van der Waals surface area contributed by atoms with E-state index in [0.717, 1.165) is 12.0 Å². The molecule has 0 aliphatic heterocycles. The van der Waals surface area contributed by atoms with E-state index < -0.39 is 11.5 Å². The van der Waals surface area contributed by atoms with Crippen LogP contribution in [0.4, 0.5) is 0 Å². The highest BCUT2D eigenvalue weighted by Crippen LogP contribution is 2.11. The van der Waals surface area contributed by atoms with E-state index in [0.29, 0.717) is 29.1 Å². The molecule has 134 valence electrons. The number of carbonyl (C=O) groups is 1. The standard InChI is InChI=1S/C19H19N3O4/c1-12-10-15(9-8-14-6-4-3-5-7-14)25-19(24)17(12)18(23)20-11-16-13(2)21-26-22-16/h3-7,10H,8-9,11H2,1-2H3,(H,20,23). The Balaban J connectivity index is 1.69. The summed E-state index contributed by atoms with van der Waals surface area (Å²) < 4.78 is 9.91. The second-order valence-corrected chi connectivity index (χ2v) is 6.02. The first-order valence-electron chi connectivity index (χ1n) is 8.28. The fourth-order valence-corrected chi connectivity index (χ4v) is 2.64. The summed E-state index contributed by atoms with van der Waals surface area (Å²) in [5.74, 6) is 0.0534. The van der Waals surface area contributed by atoms with Gasteiger partial charge in [0.1, 0.15) is 22.7 Å². The van der Waals surface area contributed by atoms with Gasteiger partial charge in [-0.1, -0.05) is 40.6 Å². The number of hydrogen-bond donors (Lipinski definition) is 1. The Morgan fingerprint density at radius 3 is 2.54 bits per heavy atom. The van der Waals surface area contributed by atoms with Crippen molar-refractivity contribution in [1.82, 2.24) is 15.6 Å². The number of aromatic nitrogens is 2. The van der Waals surface area contributed by atoms with E-state index in [-0.39, 0.29) is 12.1 Å². The third-order valence-electron chi connectivity index (χ3n) is 4.09. The Bertz CT molecular complexity index is 960. The molecule has 0 fully saturated rings. The van der Waals surface area contributed by atoms with Crippen molar-refractivity contribution in [3.8, 4) is 0 Å². The number of amides is 1. The summed E-state index contributed by atoms with van der Waals surface area (Å²) in [6.45, 7) is 3.57. The zero-order valence-corrected chi connectivity index (χ0v) is 14.6. The Kier molecular flexibility index (Phi) is 5.26. The van der Waals surface area contributed by atoms with Crippen molar-refractivity contribution in [3.63, 3.8) is 0 Å². The highest BCUT2D eigenvalue weighted by atomic mass is 16.6. The van der Waals surface area contributed by atoms with E-state index in [4.69, 9.17) is 4.42 Å². The van der Waals surface area contributed by atoms with Crippen LogP contribution in [0, 0.1) is 13.8 Å². The molecule has 1 amide bonds. The molecule has 7 nitrogen and oxygen atoms in total. The molecule has 26 heavy (non-hydrogen) atoms. The third-order valence-corrected chi connectivity index (χ3v) is 4.09. The van der Waals surface area contributed by atoms with Gasteiger partial charge >= 0.3 is 5.63 Å². The smallest absolute Gasteiger partial charge is 0.349 e. The molecule has 0 atom stereocenters. The van der Waals surface area contributed by atoms with E-state index in [1.807, 2.05) is 30.3 Å². The topological polar surface area (TPSA) is 98.2 Å². The van der Waals surface area contributed by atoms with Crippen molar-refractivity contribution in [2.24, 2.45) is 0 Å². The van der Waals surface area contributed by atoms with Gasteiger partial charge in [0.05, 0.1) is 6.54 Å². The number of nitrogens with zero attached hydrogens (tertiary/aromatic N) is 2. The van der Waals surface area contributed by atoms with Gasteiger partial charge in [0.25, 0.3) is 5.91 Å². The predicted octanol–water partition coefficient (Wildman–Crippen LogP) is 2.35. The molecule has 0 saturated carbocycles. The summed E-state index contributed by atoms with van der Waals surface area (Å²) >= 11 is 0. The largest absolute Gasteiger partial charge is 0.427 e. The predicted molar refractivity (Wildman–Crippen MR) is 93.8 cm³/mol. The van der Waals surface area contributed by atoms with Crippen LogP contribution in [0.1, 0.15) is 38.6 Å². The van der Waals surface area contributed by atoms with Crippen LogP contribution >= 0.6 is 0 Å². The summed E-state index contributed by atoms with van der Waals surface area (Å²) in [6, 6.07) is 11.7. The monoisotopic (exact) mass is 353 g/mol. The van der Waals surface area contributed by atoms with Gasteiger partial charge in [0.15, 0.2) is 0 Å². The summed E-state index contributed by atoms with van der Waals surface area (Å²) in [5.41, 5.74) is 2.20. The Labute approximate surface area is 150 Å². The number of carbonyl (C=O) groups excluding carboxylic acids is 1. The van der Waals surface area contributed by atoms with Gasteiger partial charge in [-0.25, -0.2) is 9.42 Å². The SMILES string of the molecule is Cc1cc(CCc2ccccc2)oc(=O)c1C(=O)NCc1nonc1C. The minimum absolute atomic E-state index is 0.00238. The summed E-state index contributed by atoms with van der Waals surface area (Å²) in [4.78, 5) is 24.6. The number of nitrogens with one attached hydrogen (secondary N) is 1. The average molecular weight is 353 g/mol. The van der Waals surface area contributed by atoms with Gasteiger partial charge in [-0.2, -0.15) is 0 Å². The summed E-state index contributed by atoms with van der Waals surface area (Å²) in [6.07, 6.45) is 1.35. The lowest BCUT2D eigenvalue weighted by Crippen LogP contribution is -2.29. The van der Waals surface area contributed by atoms with Crippen molar-refractivity contribution in [1.29, 1.82) is 0 Å². The van der Waals surface area contributed by atoms with Crippen LogP contribution in [0.25, 0.3) is 0 Å². The van der Waals surface area contributed by atoms with Crippen LogP contribution in [0.15, 0.2) is 50.2 Å². The van der Waals surface area contributed by atoms with Gasteiger partial charge in [-0.3, -0.25) is 4.79 Å². The zero-order valence-electron chi connectivity index (χ0n) is 14.6. The normalized spacial score (nSPS) is 10.7. The minimum Gasteiger partial charge on any atom is -0.427 e. The highest BCUT2D eigenvalue weighted by Gasteiger charge is 2.17. The molecule has 1 aromatic carbocycles. The molecule has 2 heterocycles. The van der Waals surface area contributed by atoms with Crippen molar-refractivity contribution in [2.75, 3.05) is 0 Å². The molecule has 3 rings (SSSR count).